The van der Waals surface area contributed by atoms with Crippen LogP contribution in [0.15, 0.2) is 72.8 Å². The first kappa shape index (κ1) is 25.4. The van der Waals surface area contributed by atoms with Gasteiger partial charge < -0.3 is 20.3 Å². The molecule has 0 amide bonds. The maximum atomic E-state index is 11.0. The van der Waals surface area contributed by atoms with Crippen molar-refractivity contribution in [2.45, 2.75) is 51.0 Å². The molecule has 2 atom stereocenters. The molecule has 6 heteroatoms. The maximum Gasteiger partial charge on any atom is 0.180 e. The number of benzene rings is 3. The zero-order valence-electron chi connectivity index (χ0n) is 18.5. The third kappa shape index (κ3) is 6.64. The molecule has 2 unspecified atom stereocenters. The van der Waals surface area contributed by atoms with Crippen molar-refractivity contribution in [2.24, 2.45) is 11.7 Å². The van der Waals surface area contributed by atoms with E-state index in [0.717, 1.165) is 24.0 Å². The van der Waals surface area contributed by atoms with E-state index in [9.17, 15) is 5.11 Å². The highest BCUT2D eigenvalue weighted by molar-refractivity contribution is 6.32. The lowest BCUT2D eigenvalue weighted by Gasteiger charge is -2.26. The predicted molar refractivity (Wildman–Crippen MR) is 135 cm³/mol. The summed E-state index contributed by atoms with van der Waals surface area (Å²) >= 11 is 6.63. The third-order valence-electron chi connectivity index (χ3n) is 6.15. The zero-order valence-corrected chi connectivity index (χ0v) is 20.1. The second-order valence-electron chi connectivity index (χ2n) is 8.45. The van der Waals surface area contributed by atoms with Crippen molar-refractivity contribution in [3.8, 4) is 11.5 Å². The molecule has 33 heavy (non-hydrogen) atoms. The Hall–Kier alpha value is -2.24. The van der Waals surface area contributed by atoms with Gasteiger partial charge in [-0.3, -0.25) is 0 Å². The van der Waals surface area contributed by atoms with Crippen LogP contribution in [-0.4, -0.2) is 11.1 Å². The fourth-order valence-electron chi connectivity index (χ4n) is 4.29. The Bertz CT molecular complexity index is 995. The van der Waals surface area contributed by atoms with Crippen LogP contribution in [0.3, 0.4) is 0 Å². The summed E-state index contributed by atoms with van der Waals surface area (Å²) in [6, 6.07) is 23.0. The lowest BCUT2D eigenvalue weighted by atomic mass is 9.90. The minimum Gasteiger partial charge on any atom is -0.485 e. The van der Waals surface area contributed by atoms with Crippen LogP contribution in [0.25, 0.3) is 0 Å². The summed E-state index contributed by atoms with van der Waals surface area (Å²) in [7, 11) is 0. The topological polar surface area (TPSA) is 64.7 Å². The molecule has 3 aromatic carbocycles. The Morgan fingerprint density at radius 3 is 2.00 bits per heavy atom. The van der Waals surface area contributed by atoms with Crippen LogP contribution in [-0.2, 0) is 13.2 Å². The number of nitrogens with two attached hydrogens (primary N) is 1. The summed E-state index contributed by atoms with van der Waals surface area (Å²) in [5.74, 6) is 1.30. The molecule has 4 nitrogen and oxygen atoms in total. The first-order valence-corrected chi connectivity index (χ1v) is 11.6. The lowest BCUT2D eigenvalue weighted by Crippen LogP contribution is -2.35. The van der Waals surface area contributed by atoms with Crippen molar-refractivity contribution in [3.63, 3.8) is 0 Å². The Kier molecular flexibility index (Phi) is 9.45. The molecule has 1 aliphatic rings. The third-order valence-corrected chi connectivity index (χ3v) is 6.43. The highest BCUT2D eigenvalue weighted by Gasteiger charge is 2.29. The van der Waals surface area contributed by atoms with E-state index < -0.39 is 6.10 Å². The number of hydrogen-bond donors (Lipinski definition) is 2. The summed E-state index contributed by atoms with van der Waals surface area (Å²) in [5.41, 5.74) is 9.15. The molecule has 0 aliphatic heterocycles. The van der Waals surface area contributed by atoms with Gasteiger partial charge in [-0.05, 0) is 47.6 Å². The average molecular weight is 488 g/mol. The van der Waals surface area contributed by atoms with Gasteiger partial charge >= 0.3 is 0 Å². The van der Waals surface area contributed by atoms with E-state index in [4.69, 9.17) is 26.8 Å². The maximum absolute atomic E-state index is 11.0. The van der Waals surface area contributed by atoms with E-state index in [2.05, 4.69) is 0 Å². The Balaban J connectivity index is 0.00000306. The molecule has 0 spiro atoms. The van der Waals surface area contributed by atoms with Crippen LogP contribution >= 0.6 is 24.0 Å². The molecule has 3 aromatic rings. The number of rotatable bonds is 9. The lowest BCUT2D eigenvalue weighted by molar-refractivity contribution is 0.118. The van der Waals surface area contributed by atoms with E-state index in [1.165, 1.54) is 12.8 Å². The number of aliphatic hydroxyl groups excluding tert-OH is 1. The van der Waals surface area contributed by atoms with Gasteiger partial charge in [-0.2, -0.15) is 0 Å². The van der Waals surface area contributed by atoms with Gasteiger partial charge in [0.2, 0.25) is 0 Å². The van der Waals surface area contributed by atoms with E-state index in [1.807, 2.05) is 66.7 Å². The number of hydrogen-bond acceptors (Lipinski definition) is 4. The first-order valence-electron chi connectivity index (χ1n) is 11.2. The van der Waals surface area contributed by atoms with Gasteiger partial charge in [0.15, 0.2) is 11.5 Å². The number of aliphatic hydroxyl groups is 1. The SMILES string of the molecule is Cl.NC(C1CCCC1)C(O)c1cc(Cl)c(OCc2ccccc2)c(OCc2ccccc2)c1. The van der Waals surface area contributed by atoms with Crippen LogP contribution in [0.5, 0.6) is 11.5 Å². The van der Waals surface area contributed by atoms with Gasteiger partial charge in [-0.15, -0.1) is 12.4 Å². The van der Waals surface area contributed by atoms with Gasteiger partial charge in [0, 0.05) is 6.04 Å². The van der Waals surface area contributed by atoms with E-state index in [-0.39, 0.29) is 18.4 Å². The van der Waals surface area contributed by atoms with Crippen molar-refractivity contribution in [2.75, 3.05) is 0 Å². The van der Waals surface area contributed by atoms with Crippen LogP contribution < -0.4 is 15.2 Å². The molecule has 1 fully saturated rings. The summed E-state index contributed by atoms with van der Waals surface area (Å²) in [6.45, 7) is 0.735. The zero-order chi connectivity index (χ0) is 22.3. The van der Waals surface area contributed by atoms with Gasteiger partial charge in [0.1, 0.15) is 13.2 Å². The molecule has 4 rings (SSSR count). The molecule has 1 aliphatic carbocycles. The summed E-state index contributed by atoms with van der Waals surface area (Å²) < 4.78 is 12.2. The van der Waals surface area contributed by atoms with E-state index >= 15 is 0 Å². The molecule has 0 radical (unpaired) electrons. The fourth-order valence-corrected chi connectivity index (χ4v) is 4.57. The highest BCUT2D eigenvalue weighted by atomic mass is 35.5. The summed E-state index contributed by atoms with van der Waals surface area (Å²) in [6.07, 6.45) is 3.65. The quantitative estimate of drug-likeness (QED) is 0.362. The molecular weight excluding hydrogens is 457 g/mol. The highest BCUT2D eigenvalue weighted by Crippen LogP contribution is 2.41. The standard InChI is InChI=1S/C27H30ClNO3.ClH/c28-23-15-22(26(30)25(29)21-13-7-8-14-21)16-24(31-17-19-9-3-1-4-10-19)27(23)32-18-20-11-5-2-6-12-20;/h1-6,9-12,15-16,21,25-26,30H,7-8,13-14,17-18,29H2;1H. The van der Waals surface area contributed by atoms with Crippen molar-refractivity contribution >= 4 is 24.0 Å². The van der Waals surface area contributed by atoms with Gasteiger partial charge in [-0.1, -0.05) is 85.1 Å². The molecule has 0 bridgehead atoms. The Labute approximate surface area is 207 Å². The van der Waals surface area contributed by atoms with Crippen LogP contribution in [0.2, 0.25) is 5.02 Å². The van der Waals surface area contributed by atoms with Crippen molar-refractivity contribution in [3.05, 3.63) is 94.5 Å². The van der Waals surface area contributed by atoms with Crippen molar-refractivity contribution in [1.82, 2.24) is 0 Å². The number of ether oxygens (including phenoxy) is 2. The molecule has 0 aromatic heterocycles. The molecular formula is C27H31Cl2NO3. The van der Waals surface area contributed by atoms with Crippen LogP contribution in [0.4, 0.5) is 0 Å². The summed E-state index contributed by atoms with van der Waals surface area (Å²) in [5, 5.41) is 11.4. The minimum absolute atomic E-state index is 0. The Morgan fingerprint density at radius 2 is 1.42 bits per heavy atom. The van der Waals surface area contributed by atoms with Crippen molar-refractivity contribution < 1.29 is 14.6 Å². The fraction of sp³-hybridized carbons (Fsp3) is 0.333. The normalized spacial score (nSPS) is 15.5. The Morgan fingerprint density at radius 1 is 0.879 bits per heavy atom. The predicted octanol–water partition coefficient (Wildman–Crippen LogP) is 6.47. The smallest absolute Gasteiger partial charge is 0.180 e. The average Bonchev–Trinajstić information content (AvgIpc) is 3.37. The van der Waals surface area contributed by atoms with Crippen LogP contribution in [0, 0.1) is 5.92 Å². The van der Waals surface area contributed by atoms with E-state index in [0.29, 0.717) is 41.2 Å². The molecule has 1 saturated carbocycles. The minimum atomic E-state index is -0.808. The van der Waals surface area contributed by atoms with Gasteiger partial charge in [-0.25, -0.2) is 0 Å². The molecule has 0 saturated heterocycles. The molecule has 176 valence electrons. The van der Waals surface area contributed by atoms with Crippen molar-refractivity contribution in [1.29, 1.82) is 0 Å². The first-order chi connectivity index (χ1) is 15.6. The second kappa shape index (κ2) is 12.3. The monoisotopic (exact) mass is 487 g/mol. The largest absolute Gasteiger partial charge is 0.485 e. The molecule has 0 heterocycles. The van der Waals surface area contributed by atoms with Gasteiger partial charge in [0.25, 0.3) is 0 Å². The number of halogens is 2. The van der Waals surface area contributed by atoms with Crippen LogP contribution in [0.1, 0.15) is 48.5 Å². The second-order valence-corrected chi connectivity index (χ2v) is 8.85. The van der Waals surface area contributed by atoms with E-state index in [1.54, 1.807) is 6.07 Å². The van der Waals surface area contributed by atoms with Gasteiger partial charge in [0.05, 0.1) is 11.1 Å². The summed E-state index contributed by atoms with van der Waals surface area (Å²) in [4.78, 5) is 0. The molecule has 3 N–H and O–H groups in total.